The Kier molecular flexibility index (Phi) is 7.77. The van der Waals surface area contributed by atoms with E-state index >= 15 is 0 Å². The zero-order chi connectivity index (χ0) is 30.5. The highest BCUT2D eigenvalue weighted by Gasteiger charge is 2.46. The van der Waals surface area contributed by atoms with Crippen LogP contribution in [0.15, 0.2) is 30.6 Å². The van der Waals surface area contributed by atoms with Crippen LogP contribution in [0.2, 0.25) is 0 Å². The summed E-state index contributed by atoms with van der Waals surface area (Å²) in [5, 5.41) is 11.8. The van der Waals surface area contributed by atoms with Crippen LogP contribution in [-0.2, 0) is 24.2 Å². The van der Waals surface area contributed by atoms with E-state index in [0.717, 1.165) is 118 Å². The van der Waals surface area contributed by atoms with Crippen LogP contribution in [0.25, 0.3) is 21.1 Å². The highest BCUT2D eigenvalue weighted by atomic mass is 32.1. The summed E-state index contributed by atoms with van der Waals surface area (Å²) in [6, 6.07) is 10.5. The molecule has 6 heterocycles. The van der Waals surface area contributed by atoms with Crippen LogP contribution in [0.4, 0.5) is 19.0 Å². The number of thiophene rings is 1. The van der Waals surface area contributed by atoms with Crippen molar-refractivity contribution in [1.29, 1.82) is 5.26 Å². The first kappa shape index (κ1) is 29.5. The summed E-state index contributed by atoms with van der Waals surface area (Å²) >= 11 is 1.10. The number of halogens is 3. The second-order valence-corrected chi connectivity index (χ2v) is 13.7. The van der Waals surface area contributed by atoms with Crippen LogP contribution in [-0.4, -0.2) is 89.5 Å². The Morgan fingerprint density at radius 3 is 2.50 bits per heavy atom. The minimum Gasteiger partial charge on any atom is -0.379 e. The number of likely N-dealkylation sites (tertiary alicyclic amines) is 1. The minimum absolute atomic E-state index is 0.219. The molecule has 44 heavy (non-hydrogen) atoms. The lowest BCUT2D eigenvalue weighted by atomic mass is 9.72. The molecule has 3 aliphatic heterocycles. The Balaban J connectivity index is 0.982. The third kappa shape index (κ3) is 5.78. The van der Waals surface area contributed by atoms with Gasteiger partial charge in [0.2, 0.25) is 0 Å². The van der Waals surface area contributed by atoms with Crippen LogP contribution in [0.1, 0.15) is 34.5 Å². The van der Waals surface area contributed by atoms with Gasteiger partial charge in [-0.2, -0.15) is 18.4 Å². The zero-order valence-electron chi connectivity index (χ0n) is 24.9. The van der Waals surface area contributed by atoms with Crippen LogP contribution >= 0.6 is 11.3 Å². The van der Waals surface area contributed by atoms with Crippen LogP contribution in [0.3, 0.4) is 0 Å². The molecule has 0 N–H and O–H groups in total. The average molecular weight is 624 g/mol. The van der Waals surface area contributed by atoms with Crippen LogP contribution in [0.5, 0.6) is 0 Å². The number of anilines is 1. The first-order valence-electron chi connectivity index (χ1n) is 15.3. The number of hydrogen-bond donors (Lipinski definition) is 0. The van der Waals surface area contributed by atoms with Crippen molar-refractivity contribution in [3.63, 3.8) is 0 Å². The zero-order valence-corrected chi connectivity index (χ0v) is 25.7. The molecule has 0 aliphatic carbocycles. The van der Waals surface area contributed by atoms with E-state index in [1.165, 1.54) is 17.5 Å². The number of nitrogens with zero attached hydrogens (tertiary/aromatic N) is 7. The molecular weight excluding hydrogens is 587 g/mol. The lowest BCUT2D eigenvalue weighted by Crippen LogP contribution is -2.60. The third-order valence-electron chi connectivity index (χ3n) is 9.72. The van der Waals surface area contributed by atoms with Gasteiger partial charge in [-0.05, 0) is 62.2 Å². The largest absolute Gasteiger partial charge is 0.393 e. The highest BCUT2D eigenvalue weighted by molar-refractivity contribution is 7.18. The van der Waals surface area contributed by atoms with E-state index in [2.05, 4.69) is 54.4 Å². The fourth-order valence-electron chi connectivity index (χ4n) is 7.18. The Hall–Kier alpha value is -3.24. The number of piperidine rings is 1. The number of rotatable bonds is 7. The molecule has 0 unspecified atom stereocenters. The molecule has 3 aliphatic rings. The van der Waals surface area contributed by atoms with Crippen molar-refractivity contribution in [2.24, 2.45) is 5.41 Å². The van der Waals surface area contributed by atoms with E-state index in [4.69, 9.17) is 4.74 Å². The second kappa shape index (κ2) is 11.6. The SMILES string of the molecule is Cc1c(CN2CCC3(CC2)CN(c2ncnc4sc(CC(F)(F)F)cc24)C3)ccc2c1cc(C#N)n2CCN1CCOCC1. The van der Waals surface area contributed by atoms with Gasteiger partial charge < -0.3 is 14.2 Å². The van der Waals surface area contributed by atoms with Gasteiger partial charge in [0.05, 0.1) is 25.0 Å². The molecule has 1 spiro atoms. The van der Waals surface area contributed by atoms with Gasteiger partial charge in [0.15, 0.2) is 0 Å². The Morgan fingerprint density at radius 1 is 1.00 bits per heavy atom. The van der Waals surface area contributed by atoms with Crippen molar-refractivity contribution in [3.05, 3.63) is 52.3 Å². The maximum atomic E-state index is 13.0. The molecule has 3 fully saturated rings. The summed E-state index contributed by atoms with van der Waals surface area (Å²) in [6.45, 7) is 11.9. The number of ether oxygens (including phenoxy) is 1. The number of aromatic nitrogens is 3. The summed E-state index contributed by atoms with van der Waals surface area (Å²) < 4.78 is 46.5. The van der Waals surface area contributed by atoms with Gasteiger partial charge in [0.25, 0.3) is 0 Å². The van der Waals surface area contributed by atoms with Gasteiger partial charge in [-0.3, -0.25) is 9.80 Å². The van der Waals surface area contributed by atoms with E-state index in [9.17, 15) is 18.4 Å². The van der Waals surface area contributed by atoms with E-state index in [1.807, 2.05) is 6.07 Å². The minimum atomic E-state index is -4.23. The molecule has 3 saturated heterocycles. The number of nitriles is 1. The first-order chi connectivity index (χ1) is 21.2. The van der Waals surface area contributed by atoms with Crippen LogP contribution in [0, 0.1) is 23.7 Å². The lowest BCUT2D eigenvalue weighted by Gasteiger charge is -2.54. The normalized spacial score (nSPS) is 19.6. The van der Waals surface area contributed by atoms with Gasteiger partial charge in [-0.15, -0.1) is 11.3 Å². The molecule has 0 radical (unpaired) electrons. The fourth-order valence-corrected chi connectivity index (χ4v) is 8.20. The van der Waals surface area contributed by atoms with E-state index < -0.39 is 12.6 Å². The monoisotopic (exact) mass is 623 g/mol. The molecule has 12 heteroatoms. The van der Waals surface area contributed by atoms with Crippen molar-refractivity contribution in [2.45, 2.75) is 45.5 Å². The van der Waals surface area contributed by atoms with Crippen molar-refractivity contribution >= 4 is 38.3 Å². The van der Waals surface area contributed by atoms with Crippen molar-refractivity contribution < 1.29 is 17.9 Å². The number of alkyl halides is 3. The summed E-state index contributed by atoms with van der Waals surface area (Å²) in [7, 11) is 0. The summed E-state index contributed by atoms with van der Waals surface area (Å²) in [4.78, 5) is 16.7. The molecule has 3 aromatic heterocycles. The molecule has 4 aromatic rings. The van der Waals surface area contributed by atoms with E-state index in [0.29, 0.717) is 10.5 Å². The summed E-state index contributed by atoms with van der Waals surface area (Å²) in [6.07, 6.45) is -1.53. The predicted molar refractivity (Wildman–Crippen MR) is 165 cm³/mol. The molecule has 0 saturated carbocycles. The summed E-state index contributed by atoms with van der Waals surface area (Å²) in [5.74, 6) is 0.755. The second-order valence-electron chi connectivity index (χ2n) is 12.6. The van der Waals surface area contributed by atoms with Crippen molar-refractivity contribution in [2.75, 3.05) is 63.9 Å². The maximum Gasteiger partial charge on any atom is 0.393 e. The van der Waals surface area contributed by atoms with E-state index in [-0.39, 0.29) is 10.3 Å². The molecule has 1 aromatic carbocycles. The Bertz CT molecular complexity index is 1700. The molecule has 0 atom stereocenters. The average Bonchev–Trinajstić information content (AvgIpc) is 3.57. The number of benzene rings is 1. The number of morpholine rings is 1. The van der Waals surface area contributed by atoms with E-state index in [1.54, 1.807) is 6.07 Å². The van der Waals surface area contributed by atoms with Gasteiger partial charge in [-0.1, -0.05) is 6.07 Å². The lowest BCUT2D eigenvalue weighted by molar-refractivity contribution is -0.126. The quantitative estimate of drug-likeness (QED) is 0.274. The highest BCUT2D eigenvalue weighted by Crippen LogP contribution is 2.45. The maximum absolute atomic E-state index is 13.0. The molecule has 232 valence electrons. The summed E-state index contributed by atoms with van der Waals surface area (Å²) in [5.41, 5.74) is 4.60. The fraction of sp³-hybridized carbons (Fsp3) is 0.531. The first-order valence-corrected chi connectivity index (χ1v) is 16.1. The van der Waals surface area contributed by atoms with Crippen LogP contribution < -0.4 is 4.90 Å². The topological polar surface area (TPSA) is 73.5 Å². The van der Waals surface area contributed by atoms with Gasteiger partial charge in [0, 0.05) is 67.0 Å². The number of hydrogen-bond acceptors (Lipinski definition) is 8. The van der Waals surface area contributed by atoms with Crippen molar-refractivity contribution in [3.8, 4) is 6.07 Å². The third-order valence-corrected chi connectivity index (χ3v) is 10.8. The Labute approximate surface area is 258 Å². The number of aryl methyl sites for hydroxylation is 1. The van der Waals surface area contributed by atoms with Crippen molar-refractivity contribution in [1.82, 2.24) is 24.3 Å². The van der Waals surface area contributed by atoms with Gasteiger partial charge in [0.1, 0.15) is 28.7 Å². The smallest absolute Gasteiger partial charge is 0.379 e. The number of fused-ring (bicyclic) bond motifs is 2. The molecule has 0 amide bonds. The predicted octanol–water partition coefficient (Wildman–Crippen LogP) is 5.37. The molecular formula is C32H36F3N7OS. The standard InChI is InChI=1S/C32H36F3N7OS/c1-22-23(2-3-28-26(22)14-24(17-36)42(28)9-8-39-10-12-43-13-11-39)18-40-6-4-31(5-7-40)19-41(20-31)29-27-15-25(16-32(33,34)35)44-30(27)38-21-37-29/h2-3,14-15,21H,4-13,16,18-20H2,1H3. The van der Waals surface area contributed by atoms with Gasteiger partial charge in [-0.25, -0.2) is 9.97 Å². The molecule has 0 bridgehead atoms. The molecule has 8 nitrogen and oxygen atoms in total. The molecule has 7 rings (SSSR count). The Morgan fingerprint density at radius 2 is 1.77 bits per heavy atom. The van der Waals surface area contributed by atoms with Gasteiger partial charge >= 0.3 is 6.18 Å².